The molecule has 0 fully saturated rings. The minimum atomic E-state index is -0.391. The Kier molecular flexibility index (Phi) is 4.47. The van der Waals surface area contributed by atoms with Crippen molar-refractivity contribution in [3.63, 3.8) is 0 Å². The third-order valence-electron chi connectivity index (χ3n) is 3.11. The first kappa shape index (κ1) is 14.9. The molecule has 112 valence electrons. The summed E-state index contributed by atoms with van der Waals surface area (Å²) in [6.07, 6.45) is 3.50. The van der Waals surface area contributed by atoms with Gasteiger partial charge in [0.1, 0.15) is 17.1 Å². The first-order valence-electron chi connectivity index (χ1n) is 6.55. The van der Waals surface area contributed by atoms with Crippen molar-refractivity contribution in [1.29, 1.82) is 0 Å². The van der Waals surface area contributed by atoms with E-state index in [0.29, 0.717) is 23.6 Å². The lowest BCUT2D eigenvalue weighted by Gasteiger charge is -2.17. The summed E-state index contributed by atoms with van der Waals surface area (Å²) in [7, 11) is 5.28. The van der Waals surface area contributed by atoms with Crippen LogP contribution in [0.5, 0.6) is 0 Å². The number of carbonyl (C=O) groups is 1. The van der Waals surface area contributed by atoms with Crippen LogP contribution in [0.2, 0.25) is 0 Å². The summed E-state index contributed by atoms with van der Waals surface area (Å²) < 4.78 is 10.3. The standard InChI is InChI=1S/C15H19N3O3/c1-10-12(15(19)20-4)7-11(21-10)8-17-13-9-16-6-5-14(13)18(2)3/h5-7,9,17H,8H2,1-4H3. The van der Waals surface area contributed by atoms with Crippen molar-refractivity contribution in [3.8, 4) is 0 Å². The molecule has 2 heterocycles. The third kappa shape index (κ3) is 3.34. The van der Waals surface area contributed by atoms with Gasteiger partial charge in [-0.2, -0.15) is 0 Å². The Bertz CT molecular complexity index is 635. The number of aromatic nitrogens is 1. The topological polar surface area (TPSA) is 67.6 Å². The third-order valence-corrected chi connectivity index (χ3v) is 3.11. The van der Waals surface area contributed by atoms with Crippen LogP contribution < -0.4 is 10.2 Å². The Labute approximate surface area is 123 Å². The molecule has 0 unspecified atom stereocenters. The number of hydrogen-bond acceptors (Lipinski definition) is 6. The Hall–Kier alpha value is -2.50. The molecule has 0 aliphatic rings. The minimum Gasteiger partial charge on any atom is -0.465 e. The van der Waals surface area contributed by atoms with E-state index in [2.05, 4.69) is 10.3 Å². The predicted octanol–water partition coefficient (Wildman–Crippen LogP) is 2.45. The van der Waals surface area contributed by atoms with Gasteiger partial charge in [-0.1, -0.05) is 0 Å². The molecule has 0 amide bonds. The number of anilines is 2. The van der Waals surface area contributed by atoms with Crippen molar-refractivity contribution in [3.05, 3.63) is 41.6 Å². The number of methoxy groups -OCH3 is 1. The fourth-order valence-electron chi connectivity index (χ4n) is 2.04. The summed E-state index contributed by atoms with van der Waals surface area (Å²) in [6, 6.07) is 3.62. The number of rotatable bonds is 5. The van der Waals surface area contributed by atoms with E-state index in [0.717, 1.165) is 11.4 Å². The fraction of sp³-hybridized carbons (Fsp3) is 0.333. The van der Waals surface area contributed by atoms with Crippen LogP contribution in [0.15, 0.2) is 28.9 Å². The van der Waals surface area contributed by atoms with Crippen LogP contribution in [0.1, 0.15) is 21.9 Å². The van der Waals surface area contributed by atoms with Crippen molar-refractivity contribution >= 4 is 17.3 Å². The molecule has 0 bridgehead atoms. The lowest BCUT2D eigenvalue weighted by molar-refractivity contribution is 0.0599. The molecule has 0 saturated heterocycles. The number of esters is 1. The molecule has 0 aliphatic heterocycles. The van der Waals surface area contributed by atoms with Crippen LogP contribution in [0.3, 0.4) is 0 Å². The van der Waals surface area contributed by atoms with Gasteiger partial charge >= 0.3 is 5.97 Å². The number of furan rings is 1. The molecule has 0 aliphatic carbocycles. The van der Waals surface area contributed by atoms with Gasteiger partial charge in [-0.15, -0.1) is 0 Å². The fourth-order valence-corrected chi connectivity index (χ4v) is 2.04. The molecule has 2 aromatic heterocycles. The highest BCUT2D eigenvalue weighted by Gasteiger charge is 2.15. The number of nitrogens with zero attached hydrogens (tertiary/aromatic N) is 2. The molecule has 0 radical (unpaired) electrons. The van der Waals surface area contributed by atoms with Gasteiger partial charge in [0.25, 0.3) is 0 Å². The first-order valence-corrected chi connectivity index (χ1v) is 6.55. The quantitative estimate of drug-likeness (QED) is 0.853. The van der Waals surface area contributed by atoms with E-state index >= 15 is 0 Å². The predicted molar refractivity (Wildman–Crippen MR) is 80.7 cm³/mol. The second-order valence-electron chi connectivity index (χ2n) is 4.81. The largest absolute Gasteiger partial charge is 0.465 e. The first-order chi connectivity index (χ1) is 10.0. The number of pyridine rings is 1. The molecule has 0 atom stereocenters. The molecule has 0 spiro atoms. The van der Waals surface area contributed by atoms with Crippen molar-refractivity contribution < 1.29 is 13.9 Å². The summed E-state index contributed by atoms with van der Waals surface area (Å²) in [5.74, 6) is 0.831. The van der Waals surface area contributed by atoms with Gasteiger partial charge in [-0.05, 0) is 19.1 Å². The van der Waals surface area contributed by atoms with E-state index in [-0.39, 0.29) is 0 Å². The summed E-state index contributed by atoms with van der Waals surface area (Å²) in [5.41, 5.74) is 2.38. The Morgan fingerprint density at radius 1 is 1.48 bits per heavy atom. The normalized spacial score (nSPS) is 10.3. The second-order valence-corrected chi connectivity index (χ2v) is 4.81. The van der Waals surface area contributed by atoms with E-state index in [1.54, 1.807) is 25.4 Å². The van der Waals surface area contributed by atoms with Crippen LogP contribution in [0.4, 0.5) is 11.4 Å². The van der Waals surface area contributed by atoms with Crippen LogP contribution >= 0.6 is 0 Å². The number of carbonyl (C=O) groups excluding carboxylic acids is 1. The Morgan fingerprint density at radius 3 is 2.90 bits per heavy atom. The van der Waals surface area contributed by atoms with Gasteiger partial charge in [0.05, 0.1) is 31.2 Å². The molecule has 0 aromatic carbocycles. The van der Waals surface area contributed by atoms with Gasteiger partial charge < -0.3 is 19.4 Å². The highest BCUT2D eigenvalue weighted by atomic mass is 16.5. The smallest absolute Gasteiger partial charge is 0.341 e. The summed E-state index contributed by atoms with van der Waals surface area (Å²) in [6.45, 7) is 2.20. The number of hydrogen-bond donors (Lipinski definition) is 1. The monoisotopic (exact) mass is 289 g/mol. The molecular weight excluding hydrogens is 270 g/mol. The molecule has 6 nitrogen and oxygen atoms in total. The van der Waals surface area contributed by atoms with Crippen LogP contribution in [-0.4, -0.2) is 32.2 Å². The van der Waals surface area contributed by atoms with E-state index < -0.39 is 5.97 Å². The average Bonchev–Trinajstić information content (AvgIpc) is 2.85. The van der Waals surface area contributed by atoms with Crippen LogP contribution in [0, 0.1) is 6.92 Å². The lowest BCUT2D eigenvalue weighted by atomic mass is 10.2. The van der Waals surface area contributed by atoms with E-state index in [1.165, 1.54) is 7.11 Å². The van der Waals surface area contributed by atoms with Crippen molar-refractivity contribution in [1.82, 2.24) is 4.98 Å². The second kappa shape index (κ2) is 6.30. The molecule has 0 saturated carbocycles. The zero-order chi connectivity index (χ0) is 15.4. The molecule has 6 heteroatoms. The van der Waals surface area contributed by atoms with Gasteiger partial charge in [-0.3, -0.25) is 4.98 Å². The van der Waals surface area contributed by atoms with E-state index in [9.17, 15) is 4.79 Å². The van der Waals surface area contributed by atoms with Crippen molar-refractivity contribution in [2.75, 3.05) is 31.4 Å². The summed E-state index contributed by atoms with van der Waals surface area (Å²) >= 11 is 0. The van der Waals surface area contributed by atoms with Gasteiger partial charge in [0.15, 0.2) is 0 Å². The van der Waals surface area contributed by atoms with E-state index in [4.69, 9.17) is 9.15 Å². The zero-order valence-electron chi connectivity index (χ0n) is 12.6. The highest BCUT2D eigenvalue weighted by Crippen LogP contribution is 2.23. The van der Waals surface area contributed by atoms with Gasteiger partial charge in [0.2, 0.25) is 0 Å². The number of ether oxygens (including phenoxy) is 1. The Balaban J connectivity index is 2.12. The average molecular weight is 289 g/mol. The Morgan fingerprint density at radius 2 is 2.24 bits per heavy atom. The molecule has 1 N–H and O–H groups in total. The number of aryl methyl sites for hydroxylation is 1. The van der Waals surface area contributed by atoms with E-state index in [1.807, 2.05) is 25.1 Å². The lowest BCUT2D eigenvalue weighted by Crippen LogP contribution is -2.12. The molecule has 21 heavy (non-hydrogen) atoms. The maximum atomic E-state index is 11.5. The number of nitrogens with one attached hydrogen (secondary N) is 1. The van der Waals surface area contributed by atoms with Crippen molar-refractivity contribution in [2.45, 2.75) is 13.5 Å². The maximum Gasteiger partial charge on any atom is 0.341 e. The van der Waals surface area contributed by atoms with Gasteiger partial charge in [0, 0.05) is 20.3 Å². The van der Waals surface area contributed by atoms with Crippen LogP contribution in [-0.2, 0) is 11.3 Å². The van der Waals surface area contributed by atoms with Gasteiger partial charge in [-0.25, -0.2) is 4.79 Å². The summed E-state index contributed by atoms with van der Waals surface area (Å²) in [5, 5.41) is 3.26. The molecule has 2 aromatic rings. The zero-order valence-corrected chi connectivity index (χ0v) is 12.6. The molecular formula is C15H19N3O3. The minimum absolute atomic E-state index is 0.391. The molecule has 2 rings (SSSR count). The highest BCUT2D eigenvalue weighted by molar-refractivity contribution is 5.90. The maximum absolute atomic E-state index is 11.5. The SMILES string of the molecule is COC(=O)c1cc(CNc2cnccc2N(C)C)oc1C. The summed E-state index contributed by atoms with van der Waals surface area (Å²) in [4.78, 5) is 17.7. The van der Waals surface area contributed by atoms with Crippen molar-refractivity contribution in [2.24, 2.45) is 0 Å². The van der Waals surface area contributed by atoms with Crippen LogP contribution in [0.25, 0.3) is 0 Å².